The number of halogens is 2. The highest BCUT2D eigenvalue weighted by Crippen LogP contribution is 2.34. The Kier molecular flexibility index (Phi) is 25.8. The Hall–Kier alpha value is -9.31. The summed E-state index contributed by atoms with van der Waals surface area (Å²) in [5.74, 6) is -8.53. The summed E-state index contributed by atoms with van der Waals surface area (Å²) in [6.07, 6.45) is -0.359. The maximum atomic E-state index is 16.1. The number of aromatic nitrogens is 1. The van der Waals surface area contributed by atoms with Gasteiger partial charge in [0.15, 0.2) is 11.8 Å². The van der Waals surface area contributed by atoms with Crippen molar-refractivity contribution in [3.05, 3.63) is 130 Å². The van der Waals surface area contributed by atoms with Gasteiger partial charge in [0, 0.05) is 87.8 Å². The van der Waals surface area contributed by atoms with Gasteiger partial charge in [-0.15, -0.1) is 0 Å². The number of ketones is 2. The maximum Gasteiger partial charge on any atom is 0.249 e. The number of carbonyl (C=O) groups excluding carboxylic acids is 11. The molecule has 10 rings (SSSR count). The predicted octanol–water partition coefficient (Wildman–Crippen LogP) is -1.71. The molecule has 101 heavy (non-hydrogen) atoms. The molecule has 0 saturated carbocycles. The summed E-state index contributed by atoms with van der Waals surface area (Å²) in [7, 11) is 1.50. The molecule has 0 radical (unpaired) electrons. The molecule has 2 fully saturated rings. The lowest BCUT2D eigenvalue weighted by atomic mass is 9.88. The summed E-state index contributed by atoms with van der Waals surface area (Å²) in [6.45, 7) is 4.12. The van der Waals surface area contributed by atoms with Gasteiger partial charge in [0.05, 0.1) is 32.0 Å². The monoisotopic (exact) mass is 1420 g/mol. The molecule has 5 aliphatic heterocycles. The van der Waals surface area contributed by atoms with Gasteiger partial charge in [-0.1, -0.05) is 48.5 Å². The molecular formula is C73H91ClFN11O15. The van der Waals surface area contributed by atoms with Crippen LogP contribution in [0.25, 0.3) is 10.9 Å². The number of fused-ring (bicyclic) bond motifs is 11. The molecule has 26 nitrogen and oxygen atoms in total. The fourth-order valence-electron chi connectivity index (χ4n) is 14.0. The van der Waals surface area contributed by atoms with Crippen LogP contribution in [0.5, 0.6) is 11.5 Å². The predicted molar refractivity (Wildman–Crippen MR) is 362 cm³/mol. The molecule has 0 unspecified atom stereocenters. The van der Waals surface area contributed by atoms with E-state index in [2.05, 4.69) is 43.0 Å². The smallest absolute Gasteiger partial charge is 0.249 e. The Morgan fingerprint density at radius 1 is 0.713 bits per heavy atom. The Morgan fingerprint density at radius 2 is 1.48 bits per heavy atom. The van der Waals surface area contributed by atoms with Crippen molar-refractivity contribution in [2.45, 2.75) is 178 Å². The lowest BCUT2D eigenvalue weighted by Gasteiger charge is -2.37. The first-order valence-electron chi connectivity index (χ1n) is 34.5. The molecule has 0 aliphatic carbocycles. The van der Waals surface area contributed by atoms with Crippen molar-refractivity contribution in [2.24, 2.45) is 5.92 Å². The van der Waals surface area contributed by atoms with E-state index in [0.717, 1.165) is 5.56 Å². The van der Waals surface area contributed by atoms with Gasteiger partial charge in [-0.25, -0.2) is 4.39 Å². The Labute approximate surface area is 591 Å². The number of ether oxygens (including phenoxy) is 3. The number of hydrogen-bond acceptors (Lipinski definition) is 15. The van der Waals surface area contributed by atoms with Crippen molar-refractivity contribution in [3.8, 4) is 11.5 Å². The number of aliphatic hydroxyl groups is 1. The van der Waals surface area contributed by atoms with Crippen molar-refractivity contribution < 1.29 is 94.6 Å². The van der Waals surface area contributed by atoms with Crippen LogP contribution in [0.3, 0.4) is 0 Å². The van der Waals surface area contributed by atoms with Crippen LogP contribution in [-0.2, 0) is 103 Å². The number of Topliss-reactive ketones (excluding diaryl/α,β-unsaturated/α-hetero) is 2. The summed E-state index contributed by atoms with van der Waals surface area (Å²) in [6, 6.07) is 14.6. The number of carbonyl (C=O) groups is 11. The number of nitrogens with zero attached hydrogens (tertiary/aromatic N) is 3. The highest BCUT2D eigenvalue weighted by molar-refractivity contribution is 6.00. The molecule has 2 saturated heterocycles. The molecule has 6 heterocycles. The van der Waals surface area contributed by atoms with Gasteiger partial charge in [-0.3, -0.25) is 52.7 Å². The molecule has 28 heteroatoms. The highest BCUT2D eigenvalue weighted by atomic mass is 35.5. The zero-order valence-electron chi connectivity index (χ0n) is 57.4. The van der Waals surface area contributed by atoms with Crippen molar-refractivity contribution in [3.63, 3.8) is 0 Å². The Bertz CT molecular complexity index is 3910. The first-order chi connectivity index (χ1) is 48.0. The van der Waals surface area contributed by atoms with Crippen molar-refractivity contribution >= 4 is 75.6 Å². The van der Waals surface area contributed by atoms with Crippen LogP contribution < -0.4 is 64.8 Å². The molecule has 5 aliphatic rings. The summed E-state index contributed by atoms with van der Waals surface area (Å²) in [5.41, 5.74) is 6.73. The number of benzene rings is 4. The highest BCUT2D eigenvalue weighted by Gasteiger charge is 2.50. The van der Waals surface area contributed by atoms with E-state index in [1.54, 1.807) is 67.7 Å². The van der Waals surface area contributed by atoms with Crippen LogP contribution in [0.15, 0.2) is 91.1 Å². The number of hydrogen-bond donors (Lipinski definition) is 9. The van der Waals surface area contributed by atoms with E-state index in [9.17, 15) is 33.9 Å². The third-order valence-electron chi connectivity index (χ3n) is 19.7. The number of aliphatic hydroxyl groups excluding tert-OH is 1. The number of quaternary nitrogens is 1. The minimum atomic E-state index is -1.82. The second kappa shape index (κ2) is 34.4. The summed E-state index contributed by atoms with van der Waals surface area (Å²) in [5, 5.41) is 31.4. The SMILES string of the molecule is COc1ccc(C[C@@H]2NC(=O)[C@H]([C@@H](C)O)NC(=O)[C@@H]3[C@@H]4CCN3C(=O)[C@H]3CC(=O)[C@H](Cc5cccc(c5)CNC(=O)CO4)NC(=O)[C@@H](C[NH3+])NC(=O)[C@H](C)NC(=O)CCC(=O)CCc4ccc(cc4OCCCCn4cc(c5cc(F)ccc54)C3)CCNC(=O)[C@]3(C)CCCN3C2=O)cc1.[Cl-]. The van der Waals surface area contributed by atoms with E-state index in [4.69, 9.17) is 14.2 Å². The second-order valence-corrected chi connectivity index (χ2v) is 26.9. The zero-order chi connectivity index (χ0) is 71.4. The van der Waals surface area contributed by atoms with Gasteiger partial charge < -0.3 is 89.0 Å². The van der Waals surface area contributed by atoms with Gasteiger partial charge in [0.25, 0.3) is 0 Å². The molecule has 1 aromatic heterocycles. The van der Waals surface area contributed by atoms with E-state index >= 15 is 28.4 Å². The Morgan fingerprint density at radius 3 is 2.24 bits per heavy atom. The van der Waals surface area contributed by atoms with Crippen LogP contribution >= 0.6 is 0 Å². The minimum absolute atomic E-state index is 0. The van der Waals surface area contributed by atoms with E-state index in [1.165, 1.54) is 42.9 Å². The third-order valence-corrected chi connectivity index (χ3v) is 19.7. The summed E-state index contributed by atoms with van der Waals surface area (Å²) < 4.78 is 35.8. The fraction of sp³-hybridized carbons (Fsp3) is 0.493. The molecular weight excluding hydrogens is 1330 g/mol. The van der Waals surface area contributed by atoms with Gasteiger partial charge in [-0.2, -0.15) is 0 Å². The molecule has 0 spiro atoms. The summed E-state index contributed by atoms with van der Waals surface area (Å²) >= 11 is 0. The number of aryl methyl sites for hydroxylation is 2. The van der Waals surface area contributed by atoms with Gasteiger partial charge >= 0.3 is 0 Å². The molecule has 10 atom stereocenters. The summed E-state index contributed by atoms with van der Waals surface area (Å²) in [4.78, 5) is 164. The normalized spacial score (nSPS) is 26.0. The average Bonchev–Trinajstić information content (AvgIpc) is 1.67. The first-order valence-corrected chi connectivity index (χ1v) is 34.5. The molecule has 542 valence electrons. The standard InChI is InChI=1S/C73H90FN11O15.ClH/c1-42-66(91)81-57(38-75)67(92)79-55-33-46-9-7-10-47(31-46)39-77-63(90)41-100-60-24-29-84-65(60)69(94)82-64(43(2)86)68(93)80-56(32-44-12-19-53(98-4)20-13-44)71(96)85-28-8-25-73(85,3)72(97)76-26-23-45-11-14-48(15-17-52(87)18-22-62(89)78-42)61(34-45)99-30-6-5-27-83-40-50(35-49(70(84)95)36-59(55)88)54-37-51(74)16-21-58(54)83;/h7,9-14,16,19-21,31,34,37,40,42-43,49,55-57,60,64-65,86H,5-6,8,15,17-18,22-30,32-33,35-36,38-39,41,75H2,1-4H3,(H,76,97)(H,77,90)(H,78,89)(H,79,92)(H,80,93)(H,81,91)(H,82,94);1H/t42-,43+,49+,55-,56-,57+,60-,64-,65-,73-;/m0./s1. The zero-order valence-corrected chi connectivity index (χ0v) is 58.1. The largest absolute Gasteiger partial charge is 1.00 e. The third kappa shape index (κ3) is 18.8. The molecule has 4 aromatic carbocycles. The van der Waals surface area contributed by atoms with Gasteiger partial charge in [0.1, 0.15) is 66.0 Å². The van der Waals surface area contributed by atoms with Crippen LogP contribution in [0.2, 0.25) is 0 Å². The van der Waals surface area contributed by atoms with Crippen molar-refractivity contribution in [1.82, 2.24) is 51.6 Å². The average molecular weight is 1420 g/mol. The fourth-order valence-corrected chi connectivity index (χ4v) is 14.0. The van der Waals surface area contributed by atoms with Gasteiger partial charge in [-0.05, 0) is 148 Å². The van der Waals surface area contributed by atoms with E-state index in [0.29, 0.717) is 82.4 Å². The maximum absolute atomic E-state index is 16.1. The number of nitrogens with one attached hydrogen (secondary N) is 7. The number of amides is 9. The Balaban J connectivity index is 0.0000119. The van der Waals surface area contributed by atoms with E-state index in [-0.39, 0.29) is 115 Å². The first kappa shape index (κ1) is 75.9. The molecule has 11 bridgehead atoms. The van der Waals surface area contributed by atoms with Gasteiger partial charge in [0.2, 0.25) is 53.2 Å². The minimum Gasteiger partial charge on any atom is -1.00 e. The number of methoxy groups -OCH3 is 1. The quantitative estimate of drug-likeness (QED) is 0.0946. The second-order valence-electron chi connectivity index (χ2n) is 26.9. The molecule has 11 N–H and O–H groups in total. The van der Waals surface area contributed by atoms with Crippen LogP contribution in [0.1, 0.15) is 112 Å². The molecule has 5 aromatic rings. The number of rotatable bonds is 5. The van der Waals surface area contributed by atoms with Crippen molar-refractivity contribution in [1.29, 1.82) is 0 Å². The lowest BCUT2D eigenvalue weighted by molar-refractivity contribution is -0.370. The van der Waals surface area contributed by atoms with Crippen LogP contribution in [0, 0.1) is 11.7 Å². The van der Waals surface area contributed by atoms with E-state index < -0.39 is 138 Å². The van der Waals surface area contributed by atoms with E-state index in [1.807, 2.05) is 22.8 Å². The molecule has 9 amide bonds. The van der Waals surface area contributed by atoms with Crippen molar-refractivity contribution in [2.75, 3.05) is 46.5 Å². The van der Waals surface area contributed by atoms with Crippen LogP contribution in [0.4, 0.5) is 4.39 Å². The topological polar surface area (TPSA) is 359 Å². The van der Waals surface area contributed by atoms with Crippen LogP contribution in [-0.4, -0.2) is 185 Å². The lowest BCUT2D eigenvalue weighted by Crippen LogP contribution is -3.00.